The number of ether oxygens (including phenoxy) is 1. The van der Waals surface area contributed by atoms with E-state index in [1.165, 1.54) is 16.4 Å². The summed E-state index contributed by atoms with van der Waals surface area (Å²) in [6, 6.07) is 13.0. The van der Waals surface area contributed by atoms with Crippen molar-refractivity contribution >= 4 is 27.5 Å². The van der Waals surface area contributed by atoms with Crippen LogP contribution in [0.1, 0.15) is 44.9 Å². The summed E-state index contributed by atoms with van der Waals surface area (Å²) in [6.07, 6.45) is 5.94. The molecule has 0 unspecified atom stereocenters. The predicted octanol–water partition coefficient (Wildman–Crippen LogP) is 4.98. The third-order valence-electron chi connectivity index (χ3n) is 6.20. The number of carbonyl (C=O) groups is 1. The minimum atomic E-state index is -4.03. The van der Waals surface area contributed by atoms with E-state index in [-0.39, 0.29) is 22.8 Å². The highest BCUT2D eigenvalue weighted by Crippen LogP contribution is 2.33. The maximum atomic E-state index is 13.8. The Bertz CT molecular complexity index is 1050. The van der Waals surface area contributed by atoms with Crippen LogP contribution in [0.5, 0.6) is 11.5 Å². The molecule has 8 heteroatoms. The van der Waals surface area contributed by atoms with Crippen LogP contribution in [0.4, 0.5) is 0 Å². The van der Waals surface area contributed by atoms with Gasteiger partial charge in [0.05, 0.1) is 15.8 Å². The highest BCUT2D eigenvalue weighted by Gasteiger charge is 2.39. The number of sulfonamides is 1. The second-order valence-corrected chi connectivity index (χ2v) is 10.7. The zero-order chi connectivity index (χ0) is 22.6. The molecule has 32 heavy (non-hydrogen) atoms. The Morgan fingerprint density at radius 1 is 1.00 bits per heavy atom. The number of benzene rings is 2. The molecule has 1 N–H and O–H groups in total. The lowest BCUT2D eigenvalue weighted by molar-refractivity contribution is -0.133. The maximum Gasteiger partial charge on any atom is 0.266 e. The van der Waals surface area contributed by atoms with Crippen molar-refractivity contribution in [1.82, 2.24) is 9.62 Å². The highest BCUT2D eigenvalue weighted by molar-refractivity contribution is 7.89. The molecule has 2 fully saturated rings. The molecule has 0 spiro atoms. The smallest absolute Gasteiger partial charge is 0.266 e. The van der Waals surface area contributed by atoms with Crippen molar-refractivity contribution in [3.8, 4) is 11.5 Å². The summed E-state index contributed by atoms with van der Waals surface area (Å²) in [6.45, 7) is 1.38. The number of rotatable bonds is 6. The van der Waals surface area contributed by atoms with E-state index in [1.807, 2.05) is 0 Å². The number of nitrogens with one attached hydrogen (secondary N) is 1. The lowest BCUT2D eigenvalue weighted by Crippen LogP contribution is -2.50. The van der Waals surface area contributed by atoms with E-state index in [0.717, 1.165) is 32.2 Å². The van der Waals surface area contributed by atoms with E-state index in [4.69, 9.17) is 16.3 Å². The Balaban J connectivity index is 1.65. The fourth-order valence-corrected chi connectivity index (χ4v) is 6.43. The average Bonchev–Trinajstić information content (AvgIpc) is 2.82. The van der Waals surface area contributed by atoms with Gasteiger partial charge in [0.15, 0.2) is 0 Å². The number of piperidine rings is 1. The first-order chi connectivity index (χ1) is 15.5. The van der Waals surface area contributed by atoms with E-state index in [2.05, 4.69) is 5.32 Å². The summed E-state index contributed by atoms with van der Waals surface area (Å²) >= 11 is 6.18. The minimum absolute atomic E-state index is 0.0599. The molecule has 1 atom stereocenters. The van der Waals surface area contributed by atoms with E-state index in [9.17, 15) is 13.2 Å². The van der Waals surface area contributed by atoms with E-state index in [0.29, 0.717) is 42.3 Å². The molecule has 0 bridgehead atoms. The van der Waals surface area contributed by atoms with Gasteiger partial charge in [-0.15, -0.1) is 0 Å². The van der Waals surface area contributed by atoms with Crippen LogP contribution in [0.15, 0.2) is 53.4 Å². The standard InChI is InChI=1S/C24H29ClN2O4S/c25-22-13-4-5-14-23(22)31-20-11-6-12-21(16-20)32(29,30)27(19-9-2-1-3-10-19)24(28)18-8-7-15-26-17-18/h4-6,11-14,16,18-19,26H,1-3,7-10,15,17H2/t18-/m0/s1. The van der Waals surface area contributed by atoms with Gasteiger partial charge in [0.1, 0.15) is 11.5 Å². The second kappa shape index (κ2) is 10.2. The fraction of sp³-hybridized carbons (Fsp3) is 0.458. The SMILES string of the molecule is O=C([C@H]1CCCNC1)N(C1CCCCC1)S(=O)(=O)c1cccc(Oc2ccccc2Cl)c1. The van der Waals surface area contributed by atoms with Gasteiger partial charge in [0, 0.05) is 18.7 Å². The highest BCUT2D eigenvalue weighted by atomic mass is 35.5. The normalized spacial score (nSPS) is 20.0. The van der Waals surface area contributed by atoms with Crippen molar-refractivity contribution in [3.63, 3.8) is 0 Å². The fourth-order valence-electron chi connectivity index (χ4n) is 4.52. The van der Waals surface area contributed by atoms with Crippen molar-refractivity contribution in [2.24, 2.45) is 5.92 Å². The molecule has 4 rings (SSSR count). The second-order valence-electron chi connectivity index (χ2n) is 8.48. The van der Waals surface area contributed by atoms with Crippen LogP contribution < -0.4 is 10.1 Å². The van der Waals surface area contributed by atoms with Crippen LogP contribution in [0.25, 0.3) is 0 Å². The van der Waals surface area contributed by atoms with Crippen molar-refractivity contribution in [3.05, 3.63) is 53.6 Å². The average molecular weight is 477 g/mol. The molecule has 2 aliphatic rings. The summed E-state index contributed by atoms with van der Waals surface area (Å²) in [7, 11) is -4.03. The van der Waals surface area contributed by atoms with Gasteiger partial charge in [-0.1, -0.05) is 49.1 Å². The molecule has 1 saturated carbocycles. The largest absolute Gasteiger partial charge is 0.456 e. The van der Waals surface area contributed by atoms with Crippen LogP contribution in [-0.4, -0.2) is 37.8 Å². The number of halogens is 1. The monoisotopic (exact) mass is 476 g/mol. The molecule has 1 aliphatic carbocycles. The van der Waals surface area contributed by atoms with Crippen molar-refractivity contribution in [2.45, 2.75) is 55.9 Å². The van der Waals surface area contributed by atoms with Crippen LogP contribution in [0.2, 0.25) is 5.02 Å². The summed E-state index contributed by atoms with van der Waals surface area (Å²) < 4.78 is 34.6. The van der Waals surface area contributed by atoms with E-state index < -0.39 is 10.0 Å². The summed E-state index contributed by atoms with van der Waals surface area (Å²) in [5.74, 6) is 0.191. The molecule has 2 aromatic carbocycles. The van der Waals surface area contributed by atoms with Gasteiger partial charge in [0.2, 0.25) is 5.91 Å². The first kappa shape index (κ1) is 23.1. The van der Waals surface area contributed by atoms with Crippen molar-refractivity contribution in [1.29, 1.82) is 0 Å². The molecule has 0 radical (unpaired) electrons. The maximum absolute atomic E-state index is 13.8. The molecule has 1 aliphatic heterocycles. The van der Waals surface area contributed by atoms with E-state index >= 15 is 0 Å². The van der Waals surface area contributed by atoms with Gasteiger partial charge in [-0.25, -0.2) is 12.7 Å². The Morgan fingerprint density at radius 3 is 2.50 bits per heavy atom. The summed E-state index contributed by atoms with van der Waals surface area (Å²) in [5.41, 5.74) is 0. The first-order valence-electron chi connectivity index (χ1n) is 11.3. The van der Waals surface area contributed by atoms with Crippen molar-refractivity contribution < 1.29 is 17.9 Å². The Labute approximate surface area is 195 Å². The van der Waals surface area contributed by atoms with Crippen LogP contribution in [0.3, 0.4) is 0 Å². The molecule has 0 aromatic heterocycles. The number of amides is 1. The third kappa shape index (κ3) is 5.11. The van der Waals surface area contributed by atoms with Crippen LogP contribution in [-0.2, 0) is 14.8 Å². The number of hydrogen-bond donors (Lipinski definition) is 1. The lowest BCUT2D eigenvalue weighted by Gasteiger charge is -2.36. The first-order valence-corrected chi connectivity index (χ1v) is 13.1. The molecule has 6 nitrogen and oxygen atoms in total. The Morgan fingerprint density at radius 2 is 1.78 bits per heavy atom. The lowest BCUT2D eigenvalue weighted by atomic mass is 9.93. The number of carbonyl (C=O) groups excluding carboxylic acids is 1. The van der Waals surface area contributed by atoms with Gasteiger partial charge >= 0.3 is 0 Å². The molecule has 2 aromatic rings. The molecule has 172 valence electrons. The van der Waals surface area contributed by atoms with Crippen molar-refractivity contribution in [2.75, 3.05) is 13.1 Å². The number of para-hydroxylation sites is 1. The zero-order valence-corrected chi connectivity index (χ0v) is 19.6. The molecule has 1 saturated heterocycles. The van der Waals surface area contributed by atoms with Gasteiger partial charge in [-0.2, -0.15) is 0 Å². The van der Waals surface area contributed by atoms with Crippen LogP contribution in [0, 0.1) is 5.92 Å². The zero-order valence-electron chi connectivity index (χ0n) is 18.0. The van der Waals surface area contributed by atoms with Gasteiger partial charge in [-0.3, -0.25) is 4.79 Å². The topological polar surface area (TPSA) is 75.7 Å². The van der Waals surface area contributed by atoms with E-state index in [1.54, 1.807) is 36.4 Å². The predicted molar refractivity (Wildman–Crippen MR) is 124 cm³/mol. The molecular weight excluding hydrogens is 448 g/mol. The van der Waals surface area contributed by atoms with Gasteiger partial charge < -0.3 is 10.1 Å². The minimum Gasteiger partial charge on any atom is -0.456 e. The summed E-state index contributed by atoms with van der Waals surface area (Å²) in [5, 5.41) is 3.67. The van der Waals surface area contributed by atoms with Crippen LogP contribution >= 0.6 is 11.6 Å². The number of hydrogen-bond acceptors (Lipinski definition) is 5. The Hall–Kier alpha value is -2.09. The summed E-state index contributed by atoms with van der Waals surface area (Å²) in [4.78, 5) is 13.6. The molecule has 1 amide bonds. The molecular formula is C24H29ClN2O4S. The molecule has 1 heterocycles. The third-order valence-corrected chi connectivity index (χ3v) is 8.35. The van der Waals surface area contributed by atoms with Gasteiger partial charge in [0.25, 0.3) is 10.0 Å². The Kier molecular flexibility index (Phi) is 7.38. The number of nitrogens with zero attached hydrogens (tertiary/aromatic N) is 1. The van der Waals surface area contributed by atoms with Gasteiger partial charge in [-0.05, 0) is 56.5 Å². The quantitative estimate of drug-likeness (QED) is 0.636.